The van der Waals surface area contributed by atoms with Gasteiger partial charge in [0.05, 0.1) is 13.2 Å². The second-order valence-corrected chi connectivity index (χ2v) is 10.2. The van der Waals surface area contributed by atoms with Crippen LogP contribution in [0.25, 0.3) is 0 Å². The van der Waals surface area contributed by atoms with Crippen LogP contribution in [0.2, 0.25) is 0 Å². The van der Waals surface area contributed by atoms with E-state index in [0.29, 0.717) is 11.1 Å². The van der Waals surface area contributed by atoms with E-state index in [-0.39, 0.29) is 0 Å². The Morgan fingerprint density at radius 3 is 1.29 bits per heavy atom. The molecular weight excluding hydrogens is 496 g/mol. The van der Waals surface area contributed by atoms with Crippen molar-refractivity contribution < 1.29 is 50.3 Å². The molecule has 10 nitrogen and oxygen atoms in total. The first-order valence-electron chi connectivity index (χ1n) is 13.0. The highest BCUT2D eigenvalue weighted by Crippen LogP contribution is 2.34. The molecule has 0 bridgehead atoms. The van der Waals surface area contributed by atoms with Crippen LogP contribution < -0.4 is 0 Å². The zero-order valence-electron chi connectivity index (χ0n) is 21.0. The molecule has 8 N–H and O–H groups in total. The molecular formula is C28H38O10. The van der Waals surface area contributed by atoms with Gasteiger partial charge in [-0.05, 0) is 47.9 Å². The third kappa shape index (κ3) is 6.26. The molecule has 10 atom stereocenters. The van der Waals surface area contributed by atoms with Crippen molar-refractivity contribution in [3.8, 4) is 0 Å². The number of benzene rings is 2. The fourth-order valence-corrected chi connectivity index (χ4v) is 5.26. The van der Waals surface area contributed by atoms with Gasteiger partial charge in [-0.15, -0.1) is 0 Å². The van der Waals surface area contributed by atoms with E-state index in [4.69, 9.17) is 9.47 Å². The molecule has 2 aliphatic rings. The highest BCUT2D eigenvalue weighted by Gasteiger charge is 2.45. The molecule has 2 fully saturated rings. The zero-order valence-corrected chi connectivity index (χ0v) is 21.0. The highest BCUT2D eigenvalue weighted by atomic mass is 16.6. The average molecular weight is 535 g/mol. The van der Waals surface area contributed by atoms with Gasteiger partial charge in [0.15, 0.2) is 0 Å². The van der Waals surface area contributed by atoms with Crippen LogP contribution >= 0.6 is 0 Å². The number of aliphatic hydroxyl groups is 8. The summed E-state index contributed by atoms with van der Waals surface area (Å²) in [4.78, 5) is 0. The molecule has 0 aliphatic carbocycles. The first-order valence-corrected chi connectivity index (χ1v) is 13.0. The van der Waals surface area contributed by atoms with Crippen LogP contribution in [0.1, 0.15) is 47.3 Å². The van der Waals surface area contributed by atoms with Crippen LogP contribution in [0.5, 0.6) is 0 Å². The summed E-state index contributed by atoms with van der Waals surface area (Å²) in [6, 6.07) is 15.0. The summed E-state index contributed by atoms with van der Waals surface area (Å²) in [7, 11) is 0. The number of unbranched alkanes of at least 4 members (excludes halogenated alkanes) is 1. The number of aliphatic hydroxyl groups excluding tert-OH is 8. The Balaban J connectivity index is 1.33. The largest absolute Gasteiger partial charge is 0.394 e. The predicted octanol–water partition coefficient (Wildman–Crippen LogP) is -0.718. The van der Waals surface area contributed by atoms with Crippen LogP contribution in [0, 0.1) is 0 Å². The van der Waals surface area contributed by atoms with Crippen molar-refractivity contribution >= 4 is 0 Å². The topological polar surface area (TPSA) is 180 Å². The average Bonchev–Trinajstić information content (AvgIpc) is 2.93. The lowest BCUT2D eigenvalue weighted by molar-refractivity contribution is -0.231. The minimum absolute atomic E-state index is 0.473. The lowest BCUT2D eigenvalue weighted by atomic mass is 9.90. The normalized spacial score (nSPS) is 35.8. The molecule has 0 aromatic heterocycles. The quantitative estimate of drug-likeness (QED) is 0.191. The molecule has 2 aliphatic heterocycles. The summed E-state index contributed by atoms with van der Waals surface area (Å²) in [6.07, 6.45) is -8.67. The molecule has 2 saturated heterocycles. The van der Waals surface area contributed by atoms with Gasteiger partial charge >= 0.3 is 0 Å². The van der Waals surface area contributed by atoms with Crippen molar-refractivity contribution in [3.63, 3.8) is 0 Å². The van der Waals surface area contributed by atoms with Gasteiger partial charge in [0.1, 0.15) is 61.0 Å². The van der Waals surface area contributed by atoms with Gasteiger partial charge in [-0.2, -0.15) is 0 Å². The van der Waals surface area contributed by atoms with Gasteiger partial charge in [0, 0.05) is 0 Å². The molecule has 0 unspecified atom stereocenters. The zero-order chi connectivity index (χ0) is 27.4. The maximum absolute atomic E-state index is 10.4. The molecule has 2 aromatic rings. The molecule has 2 aromatic carbocycles. The SMILES string of the molecule is OC[C@H]1O[C@H](c2cccc(CCCCc3cccc([C@H]4O[C@H](CO)[C@@H](O)[C@H](O)[C@@H]4O)c3)c2)[C@@H](O)[C@@H](O)[C@@H]1O. The summed E-state index contributed by atoms with van der Waals surface area (Å²) in [5, 5.41) is 80.0. The number of ether oxygens (including phenoxy) is 2. The van der Waals surface area contributed by atoms with Crippen molar-refractivity contribution in [2.45, 2.75) is 86.7 Å². The number of rotatable bonds is 9. The van der Waals surface area contributed by atoms with E-state index in [1.165, 1.54) is 0 Å². The Morgan fingerprint density at radius 1 is 0.526 bits per heavy atom. The Morgan fingerprint density at radius 2 is 0.921 bits per heavy atom. The van der Waals surface area contributed by atoms with Crippen LogP contribution in [-0.4, -0.2) is 103 Å². The monoisotopic (exact) mass is 534 g/mol. The highest BCUT2D eigenvalue weighted by molar-refractivity contribution is 5.28. The number of hydrogen-bond donors (Lipinski definition) is 8. The fraction of sp³-hybridized carbons (Fsp3) is 0.571. The summed E-state index contributed by atoms with van der Waals surface area (Å²) >= 11 is 0. The van der Waals surface area contributed by atoms with Crippen molar-refractivity contribution in [3.05, 3.63) is 70.8 Å². The van der Waals surface area contributed by atoms with Gasteiger partial charge < -0.3 is 50.3 Å². The van der Waals surface area contributed by atoms with E-state index in [2.05, 4.69) is 0 Å². The molecule has 0 radical (unpaired) electrons. The number of aryl methyl sites for hydroxylation is 2. The Kier molecular flexibility index (Phi) is 9.88. The molecule has 10 heteroatoms. The van der Waals surface area contributed by atoms with Crippen molar-refractivity contribution in [1.29, 1.82) is 0 Å². The minimum Gasteiger partial charge on any atom is -0.394 e. The van der Waals surface area contributed by atoms with Crippen LogP contribution in [-0.2, 0) is 22.3 Å². The van der Waals surface area contributed by atoms with Gasteiger partial charge in [-0.25, -0.2) is 0 Å². The van der Waals surface area contributed by atoms with E-state index in [0.717, 1.165) is 36.8 Å². The smallest absolute Gasteiger partial charge is 0.113 e. The molecule has 2 heterocycles. The van der Waals surface area contributed by atoms with Crippen LogP contribution in [0.4, 0.5) is 0 Å². The van der Waals surface area contributed by atoms with Gasteiger partial charge in [-0.1, -0.05) is 48.5 Å². The van der Waals surface area contributed by atoms with Crippen molar-refractivity contribution in [1.82, 2.24) is 0 Å². The molecule has 38 heavy (non-hydrogen) atoms. The summed E-state index contributed by atoms with van der Waals surface area (Å²) < 4.78 is 11.3. The van der Waals surface area contributed by atoms with E-state index in [1.807, 2.05) is 36.4 Å². The number of hydrogen-bond acceptors (Lipinski definition) is 10. The van der Waals surface area contributed by atoms with Crippen LogP contribution in [0.15, 0.2) is 48.5 Å². The first-order chi connectivity index (χ1) is 18.2. The maximum atomic E-state index is 10.4. The second kappa shape index (κ2) is 12.9. The lowest BCUT2D eigenvalue weighted by Crippen LogP contribution is -2.55. The van der Waals surface area contributed by atoms with Crippen LogP contribution in [0.3, 0.4) is 0 Å². The Bertz CT molecular complexity index is 949. The third-order valence-corrected chi connectivity index (χ3v) is 7.52. The summed E-state index contributed by atoms with van der Waals surface area (Å²) in [5.41, 5.74) is 3.36. The molecule has 0 amide bonds. The molecule has 4 rings (SSSR count). The first kappa shape index (κ1) is 29.0. The molecule has 210 valence electrons. The standard InChI is InChI=1S/C28H38O10/c29-13-19-21(31)23(33)25(35)27(37-19)17-9-3-7-15(11-17)5-1-2-6-16-8-4-10-18(12-16)28-26(36)24(34)22(32)20(14-30)38-28/h3-4,7-12,19-36H,1-2,5-6,13-14H2/t19-,20-,21-,22-,23+,24+,25+,26+,27-,28-/m1/s1. The third-order valence-electron chi connectivity index (χ3n) is 7.52. The summed E-state index contributed by atoms with van der Waals surface area (Å²) in [5.74, 6) is 0. The molecule has 0 spiro atoms. The van der Waals surface area contributed by atoms with Gasteiger partial charge in [0.25, 0.3) is 0 Å². The van der Waals surface area contributed by atoms with Gasteiger partial charge in [0.2, 0.25) is 0 Å². The van der Waals surface area contributed by atoms with E-state index in [9.17, 15) is 40.9 Å². The Labute approximate surface area is 221 Å². The summed E-state index contributed by atoms with van der Waals surface area (Å²) in [6.45, 7) is -0.947. The Hall–Kier alpha value is -1.96. The fourth-order valence-electron chi connectivity index (χ4n) is 5.26. The maximum Gasteiger partial charge on any atom is 0.113 e. The predicted molar refractivity (Wildman–Crippen MR) is 135 cm³/mol. The van der Waals surface area contributed by atoms with E-state index >= 15 is 0 Å². The lowest BCUT2D eigenvalue weighted by Gasteiger charge is -2.40. The van der Waals surface area contributed by atoms with E-state index < -0.39 is 74.3 Å². The van der Waals surface area contributed by atoms with Crippen molar-refractivity contribution in [2.24, 2.45) is 0 Å². The van der Waals surface area contributed by atoms with E-state index in [1.54, 1.807) is 12.1 Å². The molecule has 0 saturated carbocycles. The minimum atomic E-state index is -1.42. The second-order valence-electron chi connectivity index (χ2n) is 10.2. The van der Waals surface area contributed by atoms with Gasteiger partial charge in [-0.3, -0.25) is 0 Å². The van der Waals surface area contributed by atoms with Crippen molar-refractivity contribution in [2.75, 3.05) is 13.2 Å².